The highest BCUT2D eigenvalue weighted by molar-refractivity contribution is 5.97. The van der Waals surface area contributed by atoms with E-state index < -0.39 is 35.5 Å². The van der Waals surface area contributed by atoms with Crippen LogP contribution in [0, 0.1) is 5.92 Å². The van der Waals surface area contributed by atoms with Crippen molar-refractivity contribution in [3.8, 4) is 0 Å². The monoisotopic (exact) mass is 328 g/mol. The van der Waals surface area contributed by atoms with E-state index in [9.17, 15) is 19.5 Å². The number of carbonyl (C=O) groups is 3. The van der Waals surface area contributed by atoms with Gasteiger partial charge in [-0.25, -0.2) is 9.59 Å². The Hall–Kier alpha value is -1.89. The molecule has 1 rings (SSSR count). The van der Waals surface area contributed by atoms with Crippen molar-refractivity contribution in [1.29, 1.82) is 0 Å². The molecule has 0 spiro atoms. The number of hydrogen-bond acceptors (Lipinski definition) is 5. The average Bonchev–Trinajstić information content (AvgIpc) is 2.75. The SMILES string of the molecule is C=CCCCCCCCC[C@@H]1C(=O)O[C@H](C(=O)O)[C@]1(O)C(=O)O. The zero-order valence-corrected chi connectivity index (χ0v) is 13.1. The van der Waals surface area contributed by atoms with Crippen molar-refractivity contribution in [2.45, 2.75) is 63.1 Å². The van der Waals surface area contributed by atoms with Crippen LogP contribution in [0.2, 0.25) is 0 Å². The Balaban J connectivity index is 2.48. The Bertz CT molecular complexity index is 459. The van der Waals surface area contributed by atoms with Gasteiger partial charge in [-0.2, -0.15) is 0 Å². The lowest BCUT2D eigenvalue weighted by Gasteiger charge is -2.24. The van der Waals surface area contributed by atoms with Crippen LogP contribution in [0.15, 0.2) is 12.7 Å². The van der Waals surface area contributed by atoms with E-state index in [1.54, 1.807) is 0 Å². The number of aliphatic hydroxyl groups is 1. The third-order valence-electron chi connectivity index (χ3n) is 4.17. The minimum absolute atomic E-state index is 0.0953. The maximum Gasteiger partial charge on any atom is 0.348 e. The Morgan fingerprint density at radius 2 is 1.70 bits per heavy atom. The van der Waals surface area contributed by atoms with Crippen LogP contribution in [0.1, 0.15) is 51.4 Å². The molecule has 1 heterocycles. The molecule has 1 aliphatic heterocycles. The summed E-state index contributed by atoms with van der Waals surface area (Å²) in [7, 11) is 0. The summed E-state index contributed by atoms with van der Waals surface area (Å²) in [5.74, 6) is -5.71. The van der Waals surface area contributed by atoms with Crippen molar-refractivity contribution in [1.82, 2.24) is 0 Å². The van der Waals surface area contributed by atoms with Gasteiger partial charge in [0.1, 0.15) is 5.92 Å². The molecule has 23 heavy (non-hydrogen) atoms. The Morgan fingerprint density at radius 3 is 2.22 bits per heavy atom. The molecule has 0 aromatic carbocycles. The first-order chi connectivity index (χ1) is 10.9. The van der Waals surface area contributed by atoms with Gasteiger partial charge in [-0.3, -0.25) is 4.79 Å². The second-order valence-corrected chi connectivity index (χ2v) is 5.83. The van der Waals surface area contributed by atoms with Gasteiger partial charge in [-0.1, -0.05) is 38.2 Å². The zero-order chi connectivity index (χ0) is 17.5. The molecule has 7 heteroatoms. The quantitative estimate of drug-likeness (QED) is 0.300. The fourth-order valence-corrected chi connectivity index (χ4v) is 2.83. The number of allylic oxidation sites excluding steroid dienone is 1. The third kappa shape index (κ3) is 4.54. The standard InChI is InChI=1S/C16H24O7/c1-2-3-4-5-6-7-8-9-10-11-14(19)23-12(13(17)18)16(11,22)15(20)21/h2,11-12,22H,1,3-10H2,(H,17,18)(H,20,21)/t11-,12-,16+/m1/s1. The Labute approximate surface area is 134 Å². The first-order valence-electron chi connectivity index (χ1n) is 7.85. The summed E-state index contributed by atoms with van der Waals surface area (Å²) in [6.45, 7) is 3.65. The molecule has 0 radical (unpaired) electrons. The lowest BCUT2D eigenvalue weighted by molar-refractivity contribution is -0.179. The molecule has 0 aromatic rings. The second kappa shape index (κ2) is 8.67. The van der Waals surface area contributed by atoms with Crippen LogP contribution >= 0.6 is 0 Å². The smallest absolute Gasteiger partial charge is 0.348 e. The van der Waals surface area contributed by atoms with Crippen LogP contribution in [0.3, 0.4) is 0 Å². The number of carboxylic acid groups (broad SMARTS) is 2. The average molecular weight is 328 g/mol. The number of hydrogen-bond donors (Lipinski definition) is 3. The lowest BCUT2D eigenvalue weighted by atomic mass is 9.82. The van der Waals surface area contributed by atoms with E-state index in [2.05, 4.69) is 11.3 Å². The number of rotatable bonds is 11. The maximum atomic E-state index is 11.7. The molecular weight excluding hydrogens is 304 g/mol. The van der Waals surface area contributed by atoms with E-state index in [4.69, 9.17) is 10.2 Å². The first-order valence-corrected chi connectivity index (χ1v) is 7.85. The van der Waals surface area contributed by atoms with Crippen molar-refractivity contribution in [3.05, 3.63) is 12.7 Å². The van der Waals surface area contributed by atoms with Gasteiger partial charge in [0.25, 0.3) is 0 Å². The topological polar surface area (TPSA) is 121 Å². The van der Waals surface area contributed by atoms with Crippen LogP contribution in [-0.2, 0) is 19.1 Å². The molecule has 1 saturated heterocycles. The summed E-state index contributed by atoms with van der Waals surface area (Å²) in [6, 6.07) is 0. The minimum atomic E-state index is -2.70. The summed E-state index contributed by atoms with van der Waals surface area (Å²) < 4.78 is 4.56. The van der Waals surface area contributed by atoms with Crippen LogP contribution in [-0.4, -0.2) is 44.9 Å². The van der Waals surface area contributed by atoms with E-state index in [0.717, 1.165) is 38.5 Å². The molecule has 1 aliphatic rings. The van der Waals surface area contributed by atoms with Crippen LogP contribution < -0.4 is 0 Å². The minimum Gasteiger partial charge on any atom is -0.479 e. The Kier molecular flexibility index (Phi) is 7.22. The molecule has 0 aromatic heterocycles. The van der Waals surface area contributed by atoms with Gasteiger partial charge in [0.15, 0.2) is 0 Å². The predicted molar refractivity (Wildman–Crippen MR) is 80.7 cm³/mol. The van der Waals surface area contributed by atoms with Gasteiger partial charge in [0.2, 0.25) is 11.7 Å². The maximum absolute atomic E-state index is 11.7. The van der Waals surface area contributed by atoms with Crippen LogP contribution in [0.4, 0.5) is 0 Å². The van der Waals surface area contributed by atoms with Crippen LogP contribution in [0.5, 0.6) is 0 Å². The molecule has 0 saturated carbocycles. The summed E-state index contributed by atoms with van der Waals surface area (Å²) in [4.78, 5) is 34.0. The van der Waals surface area contributed by atoms with Crippen molar-refractivity contribution in [2.75, 3.05) is 0 Å². The van der Waals surface area contributed by atoms with E-state index in [1.165, 1.54) is 0 Å². The number of unbranched alkanes of at least 4 members (excludes halogenated alkanes) is 6. The fourth-order valence-electron chi connectivity index (χ4n) is 2.83. The number of esters is 1. The van der Waals surface area contributed by atoms with Gasteiger partial charge < -0.3 is 20.1 Å². The number of ether oxygens (including phenoxy) is 1. The first kappa shape index (κ1) is 19.2. The van der Waals surface area contributed by atoms with E-state index in [-0.39, 0.29) is 6.42 Å². The van der Waals surface area contributed by atoms with Gasteiger partial charge in [-0.05, 0) is 19.3 Å². The molecule has 0 aliphatic carbocycles. The summed E-state index contributed by atoms with van der Waals surface area (Å²) in [6.07, 6.45) is 6.34. The fraction of sp³-hybridized carbons (Fsp3) is 0.688. The highest BCUT2D eigenvalue weighted by atomic mass is 16.6. The molecule has 3 N–H and O–H groups in total. The van der Waals surface area contributed by atoms with Gasteiger partial charge in [0.05, 0.1) is 0 Å². The van der Waals surface area contributed by atoms with Gasteiger partial charge >= 0.3 is 17.9 Å². The van der Waals surface area contributed by atoms with Gasteiger partial charge in [0, 0.05) is 0 Å². The number of cyclic esters (lactones) is 1. The molecule has 0 bridgehead atoms. The number of carbonyl (C=O) groups excluding carboxylic acids is 1. The van der Waals surface area contributed by atoms with Crippen molar-refractivity contribution >= 4 is 17.9 Å². The van der Waals surface area contributed by atoms with E-state index >= 15 is 0 Å². The summed E-state index contributed by atoms with van der Waals surface area (Å²) >= 11 is 0. The molecule has 3 atom stereocenters. The molecule has 130 valence electrons. The third-order valence-corrected chi connectivity index (χ3v) is 4.17. The molecule has 0 unspecified atom stereocenters. The van der Waals surface area contributed by atoms with E-state index in [0.29, 0.717) is 6.42 Å². The zero-order valence-electron chi connectivity index (χ0n) is 13.1. The van der Waals surface area contributed by atoms with E-state index in [1.807, 2.05) is 6.08 Å². The summed E-state index contributed by atoms with van der Waals surface area (Å²) in [5, 5.41) is 28.3. The number of aliphatic carboxylic acids is 2. The summed E-state index contributed by atoms with van der Waals surface area (Å²) in [5.41, 5.74) is -2.70. The normalized spacial score (nSPS) is 26.7. The molecule has 7 nitrogen and oxygen atoms in total. The lowest BCUT2D eigenvalue weighted by Crippen LogP contribution is -2.54. The highest BCUT2D eigenvalue weighted by Gasteiger charge is 2.64. The molecule has 1 fully saturated rings. The predicted octanol–water partition coefficient (Wildman–Crippen LogP) is 1.74. The van der Waals surface area contributed by atoms with Crippen LogP contribution in [0.25, 0.3) is 0 Å². The second-order valence-electron chi connectivity index (χ2n) is 5.83. The molecular formula is C16H24O7. The largest absolute Gasteiger partial charge is 0.479 e. The van der Waals surface area contributed by atoms with Gasteiger partial charge in [-0.15, -0.1) is 6.58 Å². The number of carboxylic acids is 2. The Morgan fingerprint density at radius 1 is 1.13 bits per heavy atom. The van der Waals surface area contributed by atoms with Crippen molar-refractivity contribution < 1.29 is 34.4 Å². The van der Waals surface area contributed by atoms with Crippen molar-refractivity contribution in [3.63, 3.8) is 0 Å². The van der Waals surface area contributed by atoms with Crippen molar-refractivity contribution in [2.24, 2.45) is 5.92 Å². The highest BCUT2D eigenvalue weighted by Crippen LogP contribution is 2.36. The molecule has 0 amide bonds.